The quantitative estimate of drug-likeness (QED) is 0.433. The van der Waals surface area contributed by atoms with Crippen LogP contribution in [0.2, 0.25) is 0 Å². The molecule has 1 amide bonds. The third-order valence-electron chi connectivity index (χ3n) is 4.86. The van der Waals surface area contributed by atoms with E-state index in [0.29, 0.717) is 0 Å². The van der Waals surface area contributed by atoms with E-state index >= 15 is 0 Å². The van der Waals surface area contributed by atoms with E-state index in [1.807, 2.05) is 6.07 Å². The van der Waals surface area contributed by atoms with Crippen molar-refractivity contribution in [3.05, 3.63) is 83.0 Å². The second-order valence-electron chi connectivity index (χ2n) is 6.92. The predicted octanol–water partition coefficient (Wildman–Crippen LogP) is 5.34. The number of benzene rings is 3. The van der Waals surface area contributed by atoms with Gasteiger partial charge in [0.15, 0.2) is 11.3 Å². The second-order valence-corrected chi connectivity index (χ2v) is 6.92. The van der Waals surface area contributed by atoms with E-state index in [1.54, 1.807) is 0 Å². The highest BCUT2D eigenvalue weighted by Gasteiger charge is 2.33. The van der Waals surface area contributed by atoms with E-state index in [2.05, 4.69) is 10.5 Å². The SMILES string of the molecule is N#Cc1ccc(NC(=O)c2noc3ccc(-c4ccccc4C(F)(F)F)cc23)c(C(=O)O)c1. The van der Waals surface area contributed by atoms with Gasteiger partial charge in [0.1, 0.15) is 0 Å². The molecule has 10 heteroatoms. The van der Waals surface area contributed by atoms with Gasteiger partial charge in [-0.1, -0.05) is 29.4 Å². The molecule has 0 saturated carbocycles. The Morgan fingerprint density at radius 2 is 1.82 bits per heavy atom. The van der Waals surface area contributed by atoms with Crippen molar-refractivity contribution in [3.63, 3.8) is 0 Å². The van der Waals surface area contributed by atoms with Gasteiger partial charge in [-0.05, 0) is 47.5 Å². The maximum atomic E-state index is 13.4. The summed E-state index contributed by atoms with van der Waals surface area (Å²) in [6.45, 7) is 0. The number of carbonyl (C=O) groups is 2. The molecule has 4 rings (SSSR count). The molecule has 4 aromatic rings. The minimum Gasteiger partial charge on any atom is -0.478 e. The Bertz CT molecular complexity index is 1450. The molecule has 0 bridgehead atoms. The van der Waals surface area contributed by atoms with Crippen LogP contribution < -0.4 is 5.32 Å². The summed E-state index contributed by atoms with van der Waals surface area (Å²) < 4.78 is 45.4. The molecule has 2 N–H and O–H groups in total. The van der Waals surface area contributed by atoms with Crippen molar-refractivity contribution in [2.24, 2.45) is 0 Å². The molecule has 0 unspecified atom stereocenters. The summed E-state index contributed by atoms with van der Waals surface area (Å²) in [6.07, 6.45) is -4.58. The Hall–Kier alpha value is -4.65. The number of anilines is 1. The average Bonchev–Trinajstić information content (AvgIpc) is 3.22. The van der Waals surface area contributed by atoms with Crippen LogP contribution in [0.5, 0.6) is 0 Å². The topological polar surface area (TPSA) is 116 Å². The standard InChI is InChI=1S/C23H12F3N3O4/c24-23(25,26)17-4-2-1-3-14(17)13-6-8-19-16(10-13)20(29-33-19)21(30)28-18-7-5-12(11-27)9-15(18)22(31)32/h1-10H,(H,28,30)(H,31,32). The van der Waals surface area contributed by atoms with Crippen LogP contribution in [0, 0.1) is 11.3 Å². The van der Waals surface area contributed by atoms with E-state index < -0.39 is 23.6 Å². The number of nitriles is 1. The molecular weight excluding hydrogens is 439 g/mol. The molecule has 0 radical (unpaired) electrons. The number of fused-ring (bicyclic) bond motifs is 1. The minimum absolute atomic E-state index is 0.0822. The summed E-state index contributed by atoms with van der Waals surface area (Å²) in [7, 11) is 0. The fourth-order valence-corrected chi connectivity index (χ4v) is 3.33. The van der Waals surface area contributed by atoms with Crippen LogP contribution in [0.3, 0.4) is 0 Å². The third kappa shape index (κ3) is 4.12. The lowest BCUT2D eigenvalue weighted by atomic mass is 9.98. The van der Waals surface area contributed by atoms with Gasteiger partial charge in [-0.2, -0.15) is 18.4 Å². The molecule has 33 heavy (non-hydrogen) atoms. The molecular formula is C23H12F3N3O4. The van der Waals surface area contributed by atoms with Crippen molar-refractivity contribution in [1.29, 1.82) is 5.26 Å². The number of carbonyl (C=O) groups excluding carboxylic acids is 1. The average molecular weight is 451 g/mol. The Balaban J connectivity index is 1.75. The Morgan fingerprint density at radius 1 is 1.06 bits per heavy atom. The summed E-state index contributed by atoms with van der Waals surface area (Å²) in [6, 6.07) is 14.7. The number of halogens is 3. The van der Waals surface area contributed by atoms with Gasteiger partial charge in [0.2, 0.25) is 0 Å². The van der Waals surface area contributed by atoms with Crippen molar-refractivity contribution in [2.45, 2.75) is 6.18 Å². The first kappa shape index (κ1) is 21.6. The highest BCUT2D eigenvalue weighted by Crippen LogP contribution is 2.38. The molecule has 0 aliphatic heterocycles. The minimum atomic E-state index is -4.58. The van der Waals surface area contributed by atoms with Crippen molar-refractivity contribution in [1.82, 2.24) is 5.16 Å². The van der Waals surface area contributed by atoms with Crippen molar-refractivity contribution >= 4 is 28.5 Å². The van der Waals surface area contributed by atoms with E-state index in [4.69, 9.17) is 9.78 Å². The van der Waals surface area contributed by atoms with E-state index in [1.165, 1.54) is 48.5 Å². The summed E-state index contributed by atoms with van der Waals surface area (Å²) >= 11 is 0. The molecule has 0 saturated heterocycles. The fourth-order valence-electron chi connectivity index (χ4n) is 3.33. The number of amides is 1. The lowest BCUT2D eigenvalue weighted by Crippen LogP contribution is -2.15. The molecule has 0 atom stereocenters. The first-order chi connectivity index (χ1) is 15.7. The first-order valence-corrected chi connectivity index (χ1v) is 9.34. The highest BCUT2D eigenvalue weighted by molar-refractivity contribution is 6.13. The second kappa shape index (κ2) is 8.12. The van der Waals surface area contributed by atoms with Crippen molar-refractivity contribution in [2.75, 3.05) is 5.32 Å². The van der Waals surface area contributed by atoms with Crippen molar-refractivity contribution < 1.29 is 32.4 Å². The number of carboxylic acid groups (broad SMARTS) is 1. The van der Waals surface area contributed by atoms with Gasteiger partial charge in [-0.25, -0.2) is 4.79 Å². The molecule has 1 aromatic heterocycles. The summed E-state index contributed by atoms with van der Waals surface area (Å²) in [5.74, 6) is -2.19. The fraction of sp³-hybridized carbons (Fsp3) is 0.0435. The molecule has 1 heterocycles. The summed E-state index contributed by atoms with van der Waals surface area (Å²) in [4.78, 5) is 24.3. The Morgan fingerprint density at radius 3 is 2.52 bits per heavy atom. The van der Waals surface area contributed by atoms with E-state index in [9.17, 15) is 27.9 Å². The van der Waals surface area contributed by atoms with Crippen molar-refractivity contribution in [3.8, 4) is 17.2 Å². The molecule has 0 aliphatic carbocycles. The first-order valence-electron chi connectivity index (χ1n) is 9.34. The number of rotatable bonds is 4. The number of nitrogens with zero attached hydrogens (tertiary/aromatic N) is 2. The number of carboxylic acids is 1. The zero-order valence-electron chi connectivity index (χ0n) is 16.5. The van der Waals surface area contributed by atoms with Crippen LogP contribution in [-0.4, -0.2) is 22.1 Å². The maximum Gasteiger partial charge on any atom is 0.417 e. The zero-order chi connectivity index (χ0) is 23.8. The monoisotopic (exact) mass is 451 g/mol. The Labute approximate surface area is 183 Å². The third-order valence-corrected chi connectivity index (χ3v) is 4.86. The number of nitrogens with one attached hydrogen (secondary N) is 1. The van der Waals surface area contributed by atoms with Gasteiger partial charge in [0, 0.05) is 0 Å². The summed E-state index contributed by atoms with van der Waals surface area (Å²) in [5, 5.41) is 24.6. The van der Waals surface area contributed by atoms with Crippen LogP contribution in [0.4, 0.5) is 18.9 Å². The largest absolute Gasteiger partial charge is 0.478 e. The van der Waals surface area contributed by atoms with Gasteiger partial charge < -0.3 is 14.9 Å². The van der Waals surface area contributed by atoms with E-state index in [0.717, 1.165) is 12.1 Å². The van der Waals surface area contributed by atoms with Crippen LogP contribution in [0.15, 0.2) is 65.2 Å². The molecule has 0 spiro atoms. The Kier molecular flexibility index (Phi) is 5.31. The van der Waals surface area contributed by atoms with Crippen LogP contribution in [0.1, 0.15) is 32.0 Å². The maximum absolute atomic E-state index is 13.4. The number of alkyl halides is 3. The normalized spacial score (nSPS) is 11.2. The highest BCUT2D eigenvalue weighted by atomic mass is 19.4. The van der Waals surface area contributed by atoms with E-state index in [-0.39, 0.29) is 44.6 Å². The predicted molar refractivity (Wildman–Crippen MR) is 111 cm³/mol. The smallest absolute Gasteiger partial charge is 0.417 e. The lowest BCUT2D eigenvalue weighted by molar-refractivity contribution is -0.137. The van der Waals surface area contributed by atoms with Gasteiger partial charge in [0.05, 0.1) is 33.8 Å². The molecule has 0 aliphatic rings. The summed E-state index contributed by atoms with van der Waals surface area (Å²) in [5.41, 5.74) is -1.11. The molecule has 164 valence electrons. The molecule has 0 fully saturated rings. The van der Waals surface area contributed by atoms with Crippen LogP contribution in [-0.2, 0) is 6.18 Å². The van der Waals surface area contributed by atoms with Gasteiger partial charge in [-0.15, -0.1) is 0 Å². The van der Waals surface area contributed by atoms with Crippen LogP contribution in [0.25, 0.3) is 22.1 Å². The number of hydrogen-bond donors (Lipinski definition) is 2. The molecule has 7 nitrogen and oxygen atoms in total. The lowest BCUT2D eigenvalue weighted by Gasteiger charge is -2.12. The number of aromatic nitrogens is 1. The number of hydrogen-bond acceptors (Lipinski definition) is 5. The van der Waals surface area contributed by atoms with Gasteiger partial charge in [-0.3, -0.25) is 4.79 Å². The van der Waals surface area contributed by atoms with Gasteiger partial charge in [0.25, 0.3) is 5.91 Å². The zero-order valence-corrected chi connectivity index (χ0v) is 16.5. The molecule has 3 aromatic carbocycles. The van der Waals surface area contributed by atoms with Gasteiger partial charge >= 0.3 is 12.1 Å². The number of aromatic carboxylic acids is 1. The van der Waals surface area contributed by atoms with Crippen LogP contribution >= 0.6 is 0 Å².